The minimum absolute atomic E-state index is 0.110. The van der Waals surface area contributed by atoms with Gasteiger partial charge in [-0.25, -0.2) is 4.79 Å². The summed E-state index contributed by atoms with van der Waals surface area (Å²) in [4.78, 5) is 34.0. The summed E-state index contributed by atoms with van der Waals surface area (Å²) in [6.07, 6.45) is 4.26. The summed E-state index contributed by atoms with van der Waals surface area (Å²) >= 11 is 0. The number of hydrogen-bond donors (Lipinski definition) is 3. The van der Waals surface area contributed by atoms with Gasteiger partial charge >= 0.3 is 5.69 Å². The van der Waals surface area contributed by atoms with E-state index in [1.54, 1.807) is 24.5 Å². The zero-order valence-corrected chi connectivity index (χ0v) is 8.54. The van der Waals surface area contributed by atoms with Gasteiger partial charge in [0, 0.05) is 18.6 Å². The van der Waals surface area contributed by atoms with Gasteiger partial charge in [-0.1, -0.05) is 0 Å². The molecule has 0 radical (unpaired) electrons. The van der Waals surface area contributed by atoms with Crippen molar-refractivity contribution in [3.63, 3.8) is 0 Å². The number of rotatable bonds is 2. The van der Waals surface area contributed by atoms with E-state index >= 15 is 0 Å². The van der Waals surface area contributed by atoms with Gasteiger partial charge in [0.15, 0.2) is 0 Å². The molecule has 7 heteroatoms. The van der Waals surface area contributed by atoms with E-state index in [2.05, 4.69) is 15.0 Å². The van der Waals surface area contributed by atoms with E-state index in [0.717, 1.165) is 0 Å². The third-order valence-corrected chi connectivity index (χ3v) is 1.96. The molecule has 0 aliphatic heterocycles. The molecule has 2 aromatic rings. The van der Waals surface area contributed by atoms with Crippen LogP contribution in [0.4, 0.5) is 5.69 Å². The molecular formula is C10H8N4O3. The molecule has 2 aromatic heterocycles. The van der Waals surface area contributed by atoms with Crippen molar-refractivity contribution in [2.24, 2.45) is 4.99 Å². The molecule has 2 heterocycles. The Bertz CT molecular complexity index is 657. The molecule has 0 unspecified atom stereocenters. The Kier molecular flexibility index (Phi) is 2.82. The van der Waals surface area contributed by atoms with E-state index < -0.39 is 17.1 Å². The molecule has 0 saturated carbocycles. The molecule has 86 valence electrons. The van der Waals surface area contributed by atoms with Crippen molar-refractivity contribution >= 4 is 11.9 Å². The minimum Gasteiger partial charge on any atom is -0.494 e. The van der Waals surface area contributed by atoms with Crippen LogP contribution >= 0.6 is 0 Å². The lowest BCUT2D eigenvalue weighted by atomic mass is 10.3. The lowest BCUT2D eigenvalue weighted by Gasteiger charge is -1.95. The van der Waals surface area contributed by atoms with Gasteiger partial charge in [0.2, 0.25) is 5.88 Å². The number of H-pyrrole nitrogens is 2. The standard InChI is InChI=1S/C10H8N4O3/c15-8-7(9(16)14-10(17)13-8)5-12-6-1-3-11-4-2-6/h1-5H,(H3,13,14,15,16,17). The molecule has 0 aliphatic carbocycles. The van der Waals surface area contributed by atoms with Crippen molar-refractivity contribution in [1.29, 1.82) is 0 Å². The highest BCUT2D eigenvalue weighted by Gasteiger charge is 2.04. The first-order chi connectivity index (χ1) is 8.16. The van der Waals surface area contributed by atoms with E-state index in [9.17, 15) is 14.7 Å². The molecule has 0 bridgehead atoms. The number of aliphatic imine (C=N–C) groups is 1. The number of nitrogens with one attached hydrogen (secondary N) is 2. The highest BCUT2D eigenvalue weighted by Crippen LogP contribution is 2.09. The average molecular weight is 232 g/mol. The Morgan fingerprint density at radius 2 is 1.94 bits per heavy atom. The molecule has 0 atom stereocenters. The molecule has 0 aliphatic rings. The van der Waals surface area contributed by atoms with Crippen LogP contribution < -0.4 is 11.2 Å². The second kappa shape index (κ2) is 4.44. The largest absolute Gasteiger partial charge is 0.494 e. The SMILES string of the molecule is O=c1[nH]c(O)c(C=Nc2ccncc2)c(=O)[nH]1. The molecule has 7 nitrogen and oxygen atoms in total. The fraction of sp³-hybridized carbons (Fsp3) is 0. The number of aromatic hydroxyl groups is 1. The van der Waals surface area contributed by atoms with E-state index in [1.807, 2.05) is 4.98 Å². The maximum atomic E-state index is 11.3. The average Bonchev–Trinajstić information content (AvgIpc) is 2.29. The van der Waals surface area contributed by atoms with Crippen molar-refractivity contribution in [2.75, 3.05) is 0 Å². The Morgan fingerprint density at radius 3 is 2.59 bits per heavy atom. The van der Waals surface area contributed by atoms with Gasteiger partial charge in [-0.2, -0.15) is 0 Å². The van der Waals surface area contributed by atoms with E-state index in [1.165, 1.54) is 6.21 Å². The van der Waals surface area contributed by atoms with E-state index in [4.69, 9.17) is 0 Å². The molecular weight excluding hydrogens is 224 g/mol. The van der Waals surface area contributed by atoms with Gasteiger partial charge in [0.1, 0.15) is 5.56 Å². The second-order valence-electron chi connectivity index (χ2n) is 3.13. The minimum atomic E-state index is -0.770. The molecule has 0 fully saturated rings. The summed E-state index contributed by atoms with van der Waals surface area (Å²) in [6.45, 7) is 0. The topological polar surface area (TPSA) is 111 Å². The Labute approximate surface area is 94.5 Å². The third kappa shape index (κ3) is 2.46. The summed E-state index contributed by atoms with van der Waals surface area (Å²) in [7, 11) is 0. The first kappa shape index (κ1) is 10.8. The van der Waals surface area contributed by atoms with Crippen molar-refractivity contribution < 1.29 is 5.11 Å². The van der Waals surface area contributed by atoms with Crippen LogP contribution in [0.25, 0.3) is 0 Å². The third-order valence-electron chi connectivity index (χ3n) is 1.96. The Morgan fingerprint density at radius 1 is 1.24 bits per heavy atom. The number of aromatic nitrogens is 3. The first-order valence-electron chi connectivity index (χ1n) is 4.66. The number of pyridine rings is 1. The summed E-state index contributed by atoms with van der Waals surface area (Å²) in [5, 5.41) is 9.37. The fourth-order valence-corrected chi connectivity index (χ4v) is 1.17. The van der Waals surface area contributed by atoms with Gasteiger partial charge in [-0.05, 0) is 12.1 Å². The van der Waals surface area contributed by atoms with Crippen molar-refractivity contribution in [3.05, 3.63) is 50.9 Å². The Balaban J connectivity index is 2.41. The quantitative estimate of drug-likeness (QED) is 0.628. The van der Waals surface area contributed by atoms with Crippen LogP contribution in [0.1, 0.15) is 5.56 Å². The molecule has 2 rings (SSSR count). The van der Waals surface area contributed by atoms with Crippen LogP contribution in [0.5, 0.6) is 5.88 Å². The highest BCUT2D eigenvalue weighted by molar-refractivity contribution is 5.83. The first-order valence-corrected chi connectivity index (χ1v) is 4.66. The monoisotopic (exact) mass is 232 g/mol. The van der Waals surface area contributed by atoms with Gasteiger partial charge in [0.05, 0.1) is 5.69 Å². The normalized spacial score (nSPS) is 10.8. The van der Waals surface area contributed by atoms with E-state index in [-0.39, 0.29) is 5.56 Å². The maximum Gasteiger partial charge on any atom is 0.328 e. The molecule has 3 N–H and O–H groups in total. The molecule has 0 spiro atoms. The summed E-state index contributed by atoms with van der Waals surface area (Å²) in [6, 6.07) is 3.26. The summed E-state index contributed by atoms with van der Waals surface area (Å²) in [5.74, 6) is -0.517. The number of aromatic amines is 2. The predicted molar refractivity (Wildman–Crippen MR) is 60.8 cm³/mol. The van der Waals surface area contributed by atoms with Crippen molar-refractivity contribution in [3.8, 4) is 5.88 Å². The zero-order valence-electron chi connectivity index (χ0n) is 8.54. The zero-order chi connectivity index (χ0) is 12.3. The highest BCUT2D eigenvalue weighted by atomic mass is 16.3. The molecule has 0 amide bonds. The van der Waals surface area contributed by atoms with E-state index in [0.29, 0.717) is 5.69 Å². The maximum absolute atomic E-state index is 11.3. The molecule has 0 saturated heterocycles. The van der Waals surface area contributed by atoms with Crippen LogP contribution in [0.2, 0.25) is 0 Å². The smallest absolute Gasteiger partial charge is 0.328 e. The summed E-state index contributed by atoms with van der Waals surface area (Å²) in [5.41, 5.74) is -1.01. The second-order valence-corrected chi connectivity index (χ2v) is 3.13. The van der Waals surface area contributed by atoms with Crippen molar-refractivity contribution in [1.82, 2.24) is 15.0 Å². The number of nitrogens with zero attached hydrogens (tertiary/aromatic N) is 2. The van der Waals surface area contributed by atoms with Gasteiger partial charge in [-0.15, -0.1) is 0 Å². The molecule has 0 aromatic carbocycles. The van der Waals surface area contributed by atoms with Crippen LogP contribution in [0.15, 0.2) is 39.1 Å². The van der Waals surface area contributed by atoms with Gasteiger partial charge in [0.25, 0.3) is 5.56 Å². The van der Waals surface area contributed by atoms with Crippen LogP contribution in [-0.2, 0) is 0 Å². The van der Waals surface area contributed by atoms with Crippen LogP contribution in [0.3, 0.4) is 0 Å². The predicted octanol–water partition coefficient (Wildman–Crippen LogP) is -0.0856. The van der Waals surface area contributed by atoms with Gasteiger partial charge < -0.3 is 5.11 Å². The van der Waals surface area contributed by atoms with Gasteiger partial charge in [-0.3, -0.25) is 24.7 Å². The van der Waals surface area contributed by atoms with Crippen molar-refractivity contribution in [2.45, 2.75) is 0 Å². The lowest BCUT2D eigenvalue weighted by Crippen LogP contribution is -2.24. The fourth-order valence-electron chi connectivity index (χ4n) is 1.17. The number of hydrogen-bond acceptors (Lipinski definition) is 5. The Hall–Kier alpha value is -2.70. The van der Waals surface area contributed by atoms with Crippen LogP contribution in [-0.4, -0.2) is 26.3 Å². The van der Waals surface area contributed by atoms with Crippen LogP contribution in [0, 0.1) is 0 Å². The lowest BCUT2D eigenvalue weighted by molar-refractivity contribution is 0.447. The molecule has 17 heavy (non-hydrogen) atoms. The summed E-state index contributed by atoms with van der Waals surface area (Å²) < 4.78 is 0.